The lowest BCUT2D eigenvalue weighted by Gasteiger charge is -2.23. The van der Waals surface area contributed by atoms with Crippen LogP contribution in [0.3, 0.4) is 0 Å². The van der Waals surface area contributed by atoms with Gasteiger partial charge >= 0.3 is 0 Å². The van der Waals surface area contributed by atoms with Crippen molar-refractivity contribution in [1.82, 2.24) is 10.3 Å². The van der Waals surface area contributed by atoms with E-state index in [2.05, 4.69) is 4.84 Å². The van der Waals surface area contributed by atoms with Gasteiger partial charge in [-0.2, -0.15) is 0 Å². The molecule has 1 fully saturated rings. The van der Waals surface area contributed by atoms with Crippen LogP contribution in [0, 0.1) is 11.8 Å². The summed E-state index contributed by atoms with van der Waals surface area (Å²) in [5.74, 6) is 0.461. The van der Waals surface area contributed by atoms with Crippen LogP contribution in [0.4, 0.5) is 0 Å². The van der Waals surface area contributed by atoms with Gasteiger partial charge in [0.2, 0.25) is 5.91 Å². The number of halogens is 1. The predicted molar refractivity (Wildman–Crippen MR) is 142 cm³/mol. The van der Waals surface area contributed by atoms with Crippen LogP contribution in [0.15, 0.2) is 36.4 Å². The van der Waals surface area contributed by atoms with E-state index in [1.165, 1.54) is 0 Å². The number of unbranched alkanes of at least 4 members (excludes halogenated alkanes) is 2. The Morgan fingerprint density at radius 3 is 2.66 bits per heavy atom. The summed E-state index contributed by atoms with van der Waals surface area (Å²) in [5.41, 5.74) is 0. The Kier molecular flexibility index (Phi) is 15.2. The minimum atomic E-state index is -0.689. The van der Waals surface area contributed by atoms with Gasteiger partial charge in [-0.25, -0.2) is 0 Å². The molecule has 38 heavy (non-hydrogen) atoms. The van der Waals surface area contributed by atoms with Crippen LogP contribution in [0.25, 0.3) is 0 Å². The molecule has 0 saturated heterocycles. The summed E-state index contributed by atoms with van der Waals surface area (Å²) in [4.78, 5) is 18.4. The zero-order valence-corrected chi connectivity index (χ0v) is 22.8. The van der Waals surface area contributed by atoms with Crippen LogP contribution < -0.4 is 4.74 Å². The molecule has 2 rings (SSSR count). The maximum Gasteiger partial charge on any atom is 0.222 e. The maximum atomic E-state index is 12.2. The van der Waals surface area contributed by atoms with Crippen LogP contribution in [0.5, 0.6) is 5.75 Å². The Bertz CT molecular complexity index is 843. The van der Waals surface area contributed by atoms with E-state index >= 15 is 0 Å². The SMILES string of the molecule is CN(CCCCON(O)O)C(=O)CCC/C=C\C[C@@H]1[C@@H](CC[C@@H](O)COc2cccc(Cl)c2)[C@H](O)C[C@@H]1O. The maximum absolute atomic E-state index is 12.2. The average molecular weight is 559 g/mol. The van der Waals surface area contributed by atoms with Crippen molar-refractivity contribution in [3.8, 4) is 5.75 Å². The first-order valence-corrected chi connectivity index (χ1v) is 13.7. The summed E-state index contributed by atoms with van der Waals surface area (Å²) in [7, 11) is 1.75. The Morgan fingerprint density at radius 1 is 1.16 bits per heavy atom. The number of carbonyl (C=O) groups excluding carboxylic acids is 1. The van der Waals surface area contributed by atoms with Gasteiger partial charge < -0.3 is 25.0 Å². The summed E-state index contributed by atoms with van der Waals surface area (Å²) in [5, 5.41) is 48.5. The van der Waals surface area contributed by atoms with Crippen molar-refractivity contribution in [2.24, 2.45) is 11.8 Å². The molecule has 10 nitrogen and oxygen atoms in total. The third-order valence-electron chi connectivity index (χ3n) is 6.95. The molecule has 1 aromatic rings. The van der Waals surface area contributed by atoms with E-state index in [4.69, 9.17) is 26.8 Å². The highest BCUT2D eigenvalue weighted by Crippen LogP contribution is 2.38. The molecule has 5 N–H and O–H groups in total. The minimum Gasteiger partial charge on any atom is -0.491 e. The van der Waals surface area contributed by atoms with Crippen LogP contribution in [0.1, 0.15) is 57.8 Å². The van der Waals surface area contributed by atoms with E-state index in [0.717, 1.165) is 6.42 Å². The summed E-state index contributed by atoms with van der Waals surface area (Å²) in [6.07, 6.45) is 7.34. The topological polar surface area (TPSA) is 143 Å². The third kappa shape index (κ3) is 12.4. The van der Waals surface area contributed by atoms with Crippen LogP contribution in [-0.2, 0) is 9.63 Å². The predicted octanol–water partition coefficient (Wildman–Crippen LogP) is 3.59. The van der Waals surface area contributed by atoms with E-state index < -0.39 is 18.3 Å². The van der Waals surface area contributed by atoms with Gasteiger partial charge in [-0.05, 0) is 81.4 Å². The number of hydrogen-bond acceptors (Lipinski definition) is 9. The quantitative estimate of drug-likeness (QED) is 0.104. The number of ether oxygens (including phenoxy) is 1. The number of carbonyl (C=O) groups is 1. The lowest BCUT2D eigenvalue weighted by molar-refractivity contribution is -0.492. The zero-order chi connectivity index (χ0) is 27.9. The lowest BCUT2D eigenvalue weighted by Crippen LogP contribution is -2.27. The number of rotatable bonds is 18. The molecule has 0 aliphatic heterocycles. The molecule has 0 bridgehead atoms. The van der Waals surface area contributed by atoms with Gasteiger partial charge in [0.25, 0.3) is 0 Å². The number of benzene rings is 1. The Labute approximate surface area is 229 Å². The highest BCUT2D eigenvalue weighted by Gasteiger charge is 2.40. The smallest absolute Gasteiger partial charge is 0.222 e. The number of allylic oxidation sites excluding steroid dienone is 2. The lowest BCUT2D eigenvalue weighted by atomic mass is 9.86. The molecule has 0 spiro atoms. The fraction of sp³-hybridized carbons (Fsp3) is 0.667. The first-order chi connectivity index (χ1) is 18.2. The van der Waals surface area contributed by atoms with Crippen molar-refractivity contribution in [1.29, 1.82) is 0 Å². The van der Waals surface area contributed by atoms with Crippen molar-refractivity contribution >= 4 is 17.5 Å². The first kappa shape index (κ1) is 32.5. The van der Waals surface area contributed by atoms with Crippen LogP contribution in [-0.4, -0.2) is 87.0 Å². The summed E-state index contributed by atoms with van der Waals surface area (Å²) < 4.78 is 5.60. The number of hydrogen-bond donors (Lipinski definition) is 5. The number of nitrogens with zero attached hydrogens (tertiary/aromatic N) is 2. The fourth-order valence-corrected chi connectivity index (χ4v) is 4.96. The molecule has 0 radical (unpaired) electrons. The van der Waals surface area contributed by atoms with Crippen molar-refractivity contribution in [3.63, 3.8) is 0 Å². The average Bonchev–Trinajstić information content (AvgIpc) is 3.14. The molecular weight excluding hydrogens is 516 g/mol. The second kappa shape index (κ2) is 17.8. The fourth-order valence-electron chi connectivity index (χ4n) is 4.78. The second-order valence-electron chi connectivity index (χ2n) is 9.91. The van der Waals surface area contributed by atoms with E-state index in [1.807, 2.05) is 12.2 Å². The van der Waals surface area contributed by atoms with Gasteiger partial charge in [-0.1, -0.05) is 29.8 Å². The molecule has 0 aromatic heterocycles. The van der Waals surface area contributed by atoms with Crippen molar-refractivity contribution in [2.45, 2.75) is 76.1 Å². The van der Waals surface area contributed by atoms with Crippen molar-refractivity contribution < 1.29 is 40.1 Å². The molecule has 0 unspecified atom stereocenters. The van der Waals surface area contributed by atoms with Gasteiger partial charge in [-0.15, -0.1) is 0 Å². The van der Waals surface area contributed by atoms with E-state index in [1.54, 1.807) is 36.2 Å². The minimum absolute atomic E-state index is 0.0533. The number of aliphatic hydroxyl groups is 3. The van der Waals surface area contributed by atoms with Gasteiger partial charge in [-0.3, -0.25) is 20.0 Å². The Hall–Kier alpha value is -1.76. The molecule has 1 aliphatic carbocycles. The number of amides is 1. The second-order valence-corrected chi connectivity index (χ2v) is 10.3. The molecule has 1 amide bonds. The molecule has 1 aliphatic rings. The summed E-state index contributed by atoms with van der Waals surface area (Å²) in [6.45, 7) is 0.858. The number of aliphatic hydroxyl groups excluding tert-OH is 3. The highest BCUT2D eigenvalue weighted by atomic mass is 35.5. The Morgan fingerprint density at radius 2 is 1.92 bits per heavy atom. The summed E-state index contributed by atoms with van der Waals surface area (Å²) >= 11 is 5.95. The van der Waals surface area contributed by atoms with Gasteiger partial charge in [0, 0.05) is 25.0 Å². The largest absolute Gasteiger partial charge is 0.491 e. The van der Waals surface area contributed by atoms with E-state index in [9.17, 15) is 20.1 Å². The highest BCUT2D eigenvalue weighted by molar-refractivity contribution is 6.30. The molecule has 0 heterocycles. The van der Waals surface area contributed by atoms with Gasteiger partial charge in [0.15, 0.2) is 0 Å². The normalized spacial score (nSPS) is 22.3. The molecule has 1 aromatic carbocycles. The van der Waals surface area contributed by atoms with E-state index in [-0.39, 0.29) is 36.3 Å². The molecular formula is C27H43ClN2O8. The monoisotopic (exact) mass is 558 g/mol. The Balaban J connectivity index is 1.64. The summed E-state index contributed by atoms with van der Waals surface area (Å²) in [6, 6.07) is 6.99. The van der Waals surface area contributed by atoms with Gasteiger partial charge in [0.05, 0.1) is 30.3 Å². The molecule has 216 valence electrons. The van der Waals surface area contributed by atoms with Crippen LogP contribution in [0.2, 0.25) is 5.02 Å². The molecule has 1 saturated carbocycles. The van der Waals surface area contributed by atoms with E-state index in [0.29, 0.717) is 68.7 Å². The first-order valence-electron chi connectivity index (χ1n) is 13.3. The van der Waals surface area contributed by atoms with Crippen molar-refractivity contribution in [3.05, 3.63) is 41.4 Å². The molecule has 5 atom stereocenters. The molecule has 11 heteroatoms. The van der Waals surface area contributed by atoms with Crippen molar-refractivity contribution in [2.75, 3.05) is 26.8 Å². The third-order valence-corrected chi connectivity index (χ3v) is 7.18. The van der Waals surface area contributed by atoms with Gasteiger partial charge in [0.1, 0.15) is 12.4 Å². The standard InChI is InChI=1S/C27H43ClN2O8/c1-29(15-6-7-16-38-30(35)36)27(34)12-5-3-2-4-11-23-24(26(33)18-25(23)32)14-13-21(31)19-37-22-10-8-9-20(28)17-22/h2,4,8-10,17,21,23-26,31-33,35-36H,3,5-7,11-16,18-19H2,1H3/b4-2-/t21-,23-,24-,25+,26-/m1/s1. The van der Waals surface area contributed by atoms with Crippen LogP contribution >= 0.6 is 11.6 Å². The zero-order valence-electron chi connectivity index (χ0n) is 22.1.